The van der Waals surface area contributed by atoms with Crippen LogP contribution in [-0.4, -0.2) is 51.3 Å². The first-order valence-corrected chi connectivity index (χ1v) is 12.9. The maximum Gasteiger partial charge on any atom is 0.255 e. The minimum Gasteiger partial charge on any atom is -0.486 e. The molecule has 0 spiro atoms. The Kier molecular flexibility index (Phi) is 5.29. The molecule has 196 valence electrons. The number of nitrogens with zero attached hydrogens (tertiary/aromatic N) is 3. The van der Waals surface area contributed by atoms with Gasteiger partial charge in [-0.05, 0) is 55.3 Å². The number of piperidine rings is 1. The van der Waals surface area contributed by atoms with Crippen molar-refractivity contribution in [1.29, 1.82) is 0 Å². The molecule has 39 heavy (non-hydrogen) atoms. The van der Waals surface area contributed by atoms with Gasteiger partial charge in [0, 0.05) is 41.5 Å². The molecule has 0 bridgehead atoms. The summed E-state index contributed by atoms with van der Waals surface area (Å²) in [4.78, 5) is 43.7. The van der Waals surface area contributed by atoms with E-state index in [1.54, 1.807) is 11.0 Å². The zero-order chi connectivity index (χ0) is 26.7. The van der Waals surface area contributed by atoms with Gasteiger partial charge in [-0.1, -0.05) is 12.1 Å². The number of pyridine rings is 1. The number of carbonyl (C=O) groups excluding carboxylic acids is 3. The van der Waals surface area contributed by atoms with Crippen LogP contribution in [0.15, 0.2) is 54.6 Å². The third-order valence-corrected chi connectivity index (χ3v) is 7.44. The molecule has 3 aliphatic heterocycles. The molecule has 1 fully saturated rings. The molecule has 2 aromatic carbocycles. The third kappa shape index (κ3) is 3.87. The Morgan fingerprint density at radius 3 is 2.69 bits per heavy atom. The van der Waals surface area contributed by atoms with Gasteiger partial charge in [-0.25, -0.2) is 4.98 Å². The van der Waals surface area contributed by atoms with E-state index in [9.17, 15) is 14.4 Å². The maximum absolute atomic E-state index is 13.2. The first-order chi connectivity index (χ1) is 19.0. The summed E-state index contributed by atoms with van der Waals surface area (Å²) >= 11 is 0. The number of benzene rings is 2. The standard InChI is InChI=1S/C29H25N5O5/c1-16-3-2-4-24-31-26(27(34(16)24)30-19-6-9-22-23(14-19)39-12-11-38-22)17-5-7-20-18(13-17)15-33(29(20)37)21-8-10-25(35)32-28(21)36/h2-7,9,13-14,21,30H,8,10-12,15H2,1H3,(H,32,35,36). The van der Waals surface area contributed by atoms with Crippen LogP contribution >= 0.6 is 0 Å². The third-order valence-electron chi connectivity index (χ3n) is 7.44. The van der Waals surface area contributed by atoms with E-state index in [1.165, 1.54) is 0 Å². The molecule has 7 rings (SSSR count). The molecule has 2 aromatic heterocycles. The Labute approximate surface area is 223 Å². The number of anilines is 2. The molecular weight excluding hydrogens is 498 g/mol. The van der Waals surface area contributed by atoms with Gasteiger partial charge in [-0.2, -0.15) is 0 Å². The molecule has 10 heteroatoms. The highest BCUT2D eigenvalue weighted by Gasteiger charge is 2.39. The molecular formula is C29H25N5O5. The lowest BCUT2D eigenvalue weighted by Gasteiger charge is -2.29. The van der Waals surface area contributed by atoms with E-state index in [0.29, 0.717) is 43.2 Å². The Balaban J connectivity index is 1.27. The number of imide groups is 1. The molecule has 0 aliphatic carbocycles. The molecule has 1 unspecified atom stereocenters. The highest BCUT2D eigenvalue weighted by Crippen LogP contribution is 2.38. The minimum absolute atomic E-state index is 0.202. The number of aryl methyl sites for hydroxylation is 1. The molecule has 4 aromatic rings. The van der Waals surface area contributed by atoms with Gasteiger partial charge in [0.25, 0.3) is 5.91 Å². The highest BCUT2D eigenvalue weighted by molar-refractivity contribution is 6.05. The van der Waals surface area contributed by atoms with Crippen LogP contribution in [-0.2, 0) is 16.1 Å². The van der Waals surface area contributed by atoms with Crippen molar-refractivity contribution >= 4 is 34.9 Å². The summed E-state index contributed by atoms with van der Waals surface area (Å²) in [7, 11) is 0. The largest absolute Gasteiger partial charge is 0.486 e. The summed E-state index contributed by atoms with van der Waals surface area (Å²) in [6.07, 6.45) is 0.545. The van der Waals surface area contributed by atoms with E-state index in [2.05, 4.69) is 15.0 Å². The van der Waals surface area contributed by atoms with Gasteiger partial charge >= 0.3 is 0 Å². The lowest BCUT2D eigenvalue weighted by atomic mass is 10.0. The fraction of sp³-hybridized carbons (Fsp3) is 0.241. The van der Waals surface area contributed by atoms with Gasteiger partial charge < -0.3 is 19.7 Å². The average molecular weight is 524 g/mol. The molecule has 2 N–H and O–H groups in total. The normalized spacial score (nSPS) is 18.3. The quantitative estimate of drug-likeness (QED) is 0.393. The van der Waals surface area contributed by atoms with Crippen molar-refractivity contribution in [2.45, 2.75) is 32.4 Å². The first-order valence-electron chi connectivity index (χ1n) is 12.9. The molecule has 1 saturated heterocycles. The number of carbonyl (C=O) groups is 3. The predicted molar refractivity (Wildman–Crippen MR) is 142 cm³/mol. The van der Waals surface area contributed by atoms with Crippen molar-refractivity contribution in [3.63, 3.8) is 0 Å². The van der Waals surface area contributed by atoms with Crippen molar-refractivity contribution in [2.75, 3.05) is 18.5 Å². The van der Waals surface area contributed by atoms with Crippen molar-refractivity contribution < 1.29 is 23.9 Å². The molecule has 3 aliphatic rings. The van der Waals surface area contributed by atoms with Crippen LogP contribution in [0.1, 0.15) is 34.5 Å². The van der Waals surface area contributed by atoms with E-state index in [0.717, 1.165) is 39.7 Å². The zero-order valence-corrected chi connectivity index (χ0v) is 21.2. The second kappa shape index (κ2) is 8.87. The van der Waals surface area contributed by atoms with Gasteiger partial charge in [-0.3, -0.25) is 24.1 Å². The van der Waals surface area contributed by atoms with Crippen LogP contribution in [0, 0.1) is 6.92 Å². The average Bonchev–Trinajstić information content (AvgIpc) is 3.46. The number of aromatic nitrogens is 2. The van der Waals surface area contributed by atoms with E-state index in [1.807, 2.05) is 55.5 Å². The van der Waals surface area contributed by atoms with Crippen LogP contribution in [0.4, 0.5) is 11.5 Å². The SMILES string of the molecule is Cc1cccc2nc(-c3ccc4c(c3)CN(C3CCC(=O)NC3=O)C4=O)c(Nc3ccc4c(c3)OCCO4)n12. The summed E-state index contributed by atoms with van der Waals surface area (Å²) in [6.45, 7) is 3.34. The summed E-state index contributed by atoms with van der Waals surface area (Å²) in [5, 5.41) is 5.89. The lowest BCUT2D eigenvalue weighted by Crippen LogP contribution is -2.52. The van der Waals surface area contributed by atoms with Crippen LogP contribution in [0.3, 0.4) is 0 Å². The number of imidazole rings is 1. The Bertz CT molecular complexity index is 1690. The predicted octanol–water partition coefficient (Wildman–Crippen LogP) is 3.59. The monoisotopic (exact) mass is 523 g/mol. The minimum atomic E-state index is -0.656. The topological polar surface area (TPSA) is 114 Å². The number of nitrogens with one attached hydrogen (secondary N) is 2. The van der Waals surface area contributed by atoms with Gasteiger partial charge in [0.15, 0.2) is 11.5 Å². The van der Waals surface area contributed by atoms with E-state index >= 15 is 0 Å². The summed E-state index contributed by atoms with van der Waals surface area (Å²) in [5.41, 5.74) is 5.57. The highest BCUT2D eigenvalue weighted by atomic mass is 16.6. The summed E-state index contributed by atoms with van der Waals surface area (Å²) in [6, 6.07) is 16.7. The zero-order valence-electron chi connectivity index (χ0n) is 21.2. The van der Waals surface area contributed by atoms with Crippen molar-refractivity contribution in [3.8, 4) is 22.8 Å². The van der Waals surface area contributed by atoms with Crippen molar-refractivity contribution in [3.05, 3.63) is 71.4 Å². The first kappa shape index (κ1) is 23.3. The smallest absolute Gasteiger partial charge is 0.255 e. The molecule has 0 radical (unpaired) electrons. The van der Waals surface area contributed by atoms with Crippen LogP contribution in [0.5, 0.6) is 11.5 Å². The van der Waals surface area contributed by atoms with Gasteiger partial charge in [0.2, 0.25) is 11.8 Å². The van der Waals surface area contributed by atoms with Gasteiger partial charge in [0.1, 0.15) is 36.4 Å². The van der Waals surface area contributed by atoms with Gasteiger partial charge in [0.05, 0.1) is 0 Å². The van der Waals surface area contributed by atoms with Crippen LogP contribution < -0.4 is 20.1 Å². The second-order valence-corrected chi connectivity index (χ2v) is 9.93. The van der Waals surface area contributed by atoms with Gasteiger partial charge in [-0.15, -0.1) is 0 Å². The lowest BCUT2D eigenvalue weighted by molar-refractivity contribution is -0.136. The maximum atomic E-state index is 13.2. The molecule has 5 heterocycles. The van der Waals surface area contributed by atoms with Crippen molar-refractivity contribution in [2.24, 2.45) is 0 Å². The van der Waals surface area contributed by atoms with E-state index in [-0.39, 0.29) is 18.2 Å². The Hall–Kier alpha value is -4.86. The molecule has 10 nitrogen and oxygen atoms in total. The van der Waals surface area contributed by atoms with Crippen LogP contribution in [0.2, 0.25) is 0 Å². The molecule has 0 saturated carbocycles. The molecule has 3 amide bonds. The number of hydrogen-bond donors (Lipinski definition) is 2. The Morgan fingerprint density at radius 2 is 1.85 bits per heavy atom. The summed E-state index contributed by atoms with van der Waals surface area (Å²) in [5.74, 6) is 1.25. The fourth-order valence-corrected chi connectivity index (χ4v) is 5.55. The number of amides is 3. The Morgan fingerprint density at radius 1 is 1.00 bits per heavy atom. The fourth-order valence-electron chi connectivity index (χ4n) is 5.55. The van der Waals surface area contributed by atoms with Crippen molar-refractivity contribution in [1.82, 2.24) is 19.6 Å². The molecule has 1 atom stereocenters. The van der Waals surface area contributed by atoms with Crippen LogP contribution in [0.25, 0.3) is 16.9 Å². The summed E-state index contributed by atoms with van der Waals surface area (Å²) < 4.78 is 13.5. The number of ether oxygens (including phenoxy) is 2. The van der Waals surface area contributed by atoms with E-state index < -0.39 is 11.9 Å². The number of hydrogen-bond acceptors (Lipinski definition) is 7. The van der Waals surface area contributed by atoms with E-state index in [4.69, 9.17) is 14.5 Å². The number of fused-ring (bicyclic) bond motifs is 3. The second-order valence-electron chi connectivity index (χ2n) is 9.93. The number of rotatable bonds is 4.